The van der Waals surface area contributed by atoms with Crippen LogP contribution in [0.4, 0.5) is 8.78 Å². The normalized spacial score (nSPS) is 19.1. The van der Waals surface area contributed by atoms with Gasteiger partial charge in [0, 0.05) is 48.2 Å². The molecule has 0 bridgehead atoms. The second kappa shape index (κ2) is 19.9. The maximum absolute atomic E-state index is 14.8. The number of likely N-dealkylation sites (tertiary alicyclic amines) is 1. The fraction of sp³-hybridized carbons (Fsp3) is 0.353. The fourth-order valence-electron chi connectivity index (χ4n) is 9.19. The number of nitrogens with zero attached hydrogens (tertiary/aromatic N) is 3. The highest BCUT2D eigenvalue weighted by Crippen LogP contribution is 2.35. The van der Waals surface area contributed by atoms with Crippen LogP contribution >= 0.6 is 0 Å². The van der Waals surface area contributed by atoms with E-state index in [0.717, 1.165) is 77.1 Å². The molecule has 12 heteroatoms. The highest BCUT2D eigenvalue weighted by atomic mass is 19.1. The van der Waals surface area contributed by atoms with Crippen LogP contribution in [0.3, 0.4) is 0 Å². The molecule has 3 N–H and O–H groups in total. The van der Waals surface area contributed by atoms with Crippen LogP contribution in [0.5, 0.6) is 17.2 Å². The van der Waals surface area contributed by atoms with Gasteiger partial charge in [0.2, 0.25) is 0 Å². The molecule has 0 radical (unpaired) electrons. The van der Waals surface area contributed by atoms with Gasteiger partial charge in [0.1, 0.15) is 17.3 Å². The molecule has 0 spiro atoms. The molecule has 0 unspecified atom stereocenters. The van der Waals surface area contributed by atoms with E-state index in [9.17, 15) is 13.6 Å². The number of rotatable bonds is 13. The van der Waals surface area contributed by atoms with Crippen LogP contribution in [0.1, 0.15) is 69.3 Å². The first-order valence-corrected chi connectivity index (χ1v) is 21.9. The maximum Gasteiger partial charge on any atom is 0.167 e. The molecule has 4 heterocycles. The average Bonchev–Trinajstić information content (AvgIpc) is 3.97. The van der Waals surface area contributed by atoms with Gasteiger partial charge in [0.25, 0.3) is 0 Å². The van der Waals surface area contributed by atoms with Gasteiger partial charge in [-0.05, 0) is 130 Å². The number of nitrogens with one attached hydrogen (secondary N) is 3. The molecule has 0 aliphatic carbocycles. The molecule has 10 nitrogen and oxygen atoms in total. The van der Waals surface area contributed by atoms with Crippen molar-refractivity contribution in [2.75, 3.05) is 53.6 Å². The number of methoxy groups -OCH3 is 1. The van der Waals surface area contributed by atoms with Gasteiger partial charge >= 0.3 is 0 Å². The summed E-state index contributed by atoms with van der Waals surface area (Å²) in [5, 5.41) is 19.0. The lowest BCUT2D eigenvalue weighted by atomic mass is 9.80. The standard InChI is InChI=1S/C30H31F2N3O3.C21H25N3O/c1-18-4-3-5-29(37-2)22(18)7-9-28(36)24-12-19(6-8-25(24)31)23-10-11-33-15-21(23)17-38-30-13-20-16-34-35-27(20)14-26(30)32;1-15-3-5-16(6-4-15)20-9-10-24(2)13-18(20)14-25-19-7-8-21-17(11-19)12-22-23-21/h3-6,8,12-14,16,21,23,33H,7,9-11,15,17H2,1-2H3,(H,34,35);3-8,11-12,18,20H,9-10,13-14H2,1-2H3,(H,22,23)/t21-,23-;18-,20-/m00/s1. The number of fused-ring (bicyclic) bond motifs is 2. The number of carbonyl (C=O) groups excluding carboxylic acids is 1. The minimum absolute atomic E-state index is 0.0211. The largest absolute Gasteiger partial charge is 0.496 e. The van der Waals surface area contributed by atoms with Crippen molar-refractivity contribution in [3.05, 3.63) is 148 Å². The van der Waals surface area contributed by atoms with Crippen molar-refractivity contribution in [1.82, 2.24) is 30.6 Å². The summed E-state index contributed by atoms with van der Waals surface area (Å²) in [5.41, 5.74) is 7.39. The summed E-state index contributed by atoms with van der Waals surface area (Å²) in [6.45, 7) is 8.84. The first-order chi connectivity index (χ1) is 30.6. The molecule has 2 aromatic heterocycles. The third kappa shape index (κ3) is 10.4. The summed E-state index contributed by atoms with van der Waals surface area (Å²) in [7, 11) is 3.81. The number of Topliss-reactive ketones (excluding diaryl/α,β-unsaturated/α-hetero) is 1. The summed E-state index contributed by atoms with van der Waals surface area (Å²) >= 11 is 0. The van der Waals surface area contributed by atoms with E-state index in [0.29, 0.717) is 30.3 Å². The molecule has 2 aliphatic heterocycles. The third-order valence-corrected chi connectivity index (χ3v) is 12.8. The van der Waals surface area contributed by atoms with E-state index in [4.69, 9.17) is 14.2 Å². The zero-order chi connectivity index (χ0) is 43.9. The van der Waals surface area contributed by atoms with Crippen LogP contribution in [0.25, 0.3) is 21.8 Å². The minimum atomic E-state index is -0.521. The van der Waals surface area contributed by atoms with E-state index in [1.165, 1.54) is 29.7 Å². The van der Waals surface area contributed by atoms with Crippen molar-refractivity contribution >= 4 is 27.6 Å². The van der Waals surface area contributed by atoms with Crippen LogP contribution in [0.2, 0.25) is 0 Å². The molecule has 7 aromatic rings. The molecule has 328 valence electrons. The number of aryl methyl sites for hydroxylation is 2. The predicted molar refractivity (Wildman–Crippen MR) is 243 cm³/mol. The average molecular weight is 855 g/mol. The number of carbonyl (C=O) groups is 1. The fourth-order valence-corrected chi connectivity index (χ4v) is 9.19. The molecule has 0 saturated carbocycles. The Labute approximate surface area is 367 Å². The predicted octanol–water partition coefficient (Wildman–Crippen LogP) is 9.73. The van der Waals surface area contributed by atoms with Gasteiger partial charge in [-0.1, -0.05) is 48.0 Å². The smallest absolute Gasteiger partial charge is 0.167 e. The van der Waals surface area contributed by atoms with Crippen molar-refractivity contribution in [2.45, 2.75) is 51.4 Å². The molecule has 63 heavy (non-hydrogen) atoms. The van der Waals surface area contributed by atoms with E-state index in [1.807, 2.05) is 43.5 Å². The summed E-state index contributed by atoms with van der Waals surface area (Å²) in [5.74, 6) is 1.73. The molecule has 4 atom stereocenters. The first kappa shape index (κ1) is 43.5. The molecular formula is C51H56F2N6O4. The molecule has 5 aromatic carbocycles. The van der Waals surface area contributed by atoms with Crippen LogP contribution < -0.4 is 19.5 Å². The Morgan fingerprint density at radius 2 is 1.52 bits per heavy atom. The highest BCUT2D eigenvalue weighted by molar-refractivity contribution is 5.96. The Hall–Kier alpha value is -6.11. The molecule has 2 fully saturated rings. The molecule has 0 amide bonds. The quantitative estimate of drug-likeness (QED) is 0.0983. The van der Waals surface area contributed by atoms with Crippen LogP contribution in [0, 0.1) is 37.3 Å². The number of benzene rings is 5. The van der Waals surface area contributed by atoms with Gasteiger partial charge in [-0.15, -0.1) is 0 Å². The van der Waals surface area contributed by atoms with E-state index in [1.54, 1.807) is 31.5 Å². The topological polar surface area (TPSA) is 117 Å². The Kier molecular flexibility index (Phi) is 13.8. The number of hydrogen-bond acceptors (Lipinski definition) is 8. The number of halogens is 2. The third-order valence-electron chi connectivity index (χ3n) is 12.8. The van der Waals surface area contributed by atoms with Gasteiger partial charge in [-0.2, -0.15) is 10.2 Å². The van der Waals surface area contributed by atoms with Crippen molar-refractivity contribution in [3.63, 3.8) is 0 Å². The zero-order valence-corrected chi connectivity index (χ0v) is 36.4. The second-order valence-corrected chi connectivity index (χ2v) is 17.1. The summed E-state index contributed by atoms with van der Waals surface area (Å²) in [6.07, 6.45) is 6.10. The van der Waals surface area contributed by atoms with E-state index < -0.39 is 11.6 Å². The summed E-state index contributed by atoms with van der Waals surface area (Å²) in [6, 6.07) is 28.7. The number of H-pyrrole nitrogens is 2. The van der Waals surface area contributed by atoms with E-state index in [-0.39, 0.29) is 42.0 Å². The van der Waals surface area contributed by atoms with E-state index >= 15 is 0 Å². The van der Waals surface area contributed by atoms with Crippen LogP contribution in [-0.4, -0.2) is 84.6 Å². The maximum atomic E-state index is 14.8. The summed E-state index contributed by atoms with van der Waals surface area (Å²) < 4.78 is 46.9. The van der Waals surface area contributed by atoms with Crippen molar-refractivity contribution in [3.8, 4) is 17.2 Å². The Balaban J connectivity index is 0.000000188. The first-order valence-electron chi connectivity index (χ1n) is 21.9. The molecule has 2 aliphatic rings. The van der Waals surface area contributed by atoms with Crippen molar-refractivity contribution < 1.29 is 27.8 Å². The van der Waals surface area contributed by atoms with Crippen LogP contribution in [0.15, 0.2) is 103 Å². The van der Waals surface area contributed by atoms with Gasteiger partial charge in [0.15, 0.2) is 17.3 Å². The Morgan fingerprint density at radius 1 is 0.778 bits per heavy atom. The van der Waals surface area contributed by atoms with Gasteiger partial charge in [0.05, 0.1) is 49.3 Å². The van der Waals surface area contributed by atoms with Gasteiger partial charge in [-0.25, -0.2) is 8.78 Å². The molecule has 9 rings (SSSR count). The number of aromatic nitrogens is 4. The SMILES string of the molecule is COc1cccc(C)c1CCC(=O)c1cc([C@@H]2CCNC[C@H]2COc2cc3cn[nH]c3cc2F)ccc1F.Cc1ccc([C@@H]2CCN(C)C[C@H]2COc2ccc3[nH]ncc3c2)cc1. The Bertz CT molecular complexity index is 2640. The number of piperidine rings is 2. The van der Waals surface area contributed by atoms with Crippen molar-refractivity contribution in [2.24, 2.45) is 11.8 Å². The summed E-state index contributed by atoms with van der Waals surface area (Å²) in [4.78, 5) is 15.5. The monoisotopic (exact) mass is 854 g/mol. The second-order valence-electron chi connectivity index (χ2n) is 17.1. The lowest BCUT2D eigenvalue weighted by Crippen LogP contribution is -2.39. The number of aromatic amines is 2. The number of hydrogen-bond donors (Lipinski definition) is 3. The van der Waals surface area contributed by atoms with Crippen molar-refractivity contribution in [1.29, 1.82) is 0 Å². The van der Waals surface area contributed by atoms with Crippen LogP contribution in [-0.2, 0) is 6.42 Å². The van der Waals surface area contributed by atoms with Gasteiger partial charge in [-0.3, -0.25) is 15.0 Å². The molecular weight excluding hydrogens is 799 g/mol. The number of ether oxygens (including phenoxy) is 3. The Morgan fingerprint density at radius 3 is 2.33 bits per heavy atom. The lowest BCUT2D eigenvalue weighted by molar-refractivity contribution is 0.0978. The minimum Gasteiger partial charge on any atom is -0.496 e. The van der Waals surface area contributed by atoms with E-state index in [2.05, 4.69) is 74.9 Å². The van der Waals surface area contributed by atoms with Gasteiger partial charge < -0.3 is 24.4 Å². The number of ketones is 1. The lowest BCUT2D eigenvalue weighted by Gasteiger charge is -2.37. The zero-order valence-electron chi connectivity index (χ0n) is 36.4. The highest BCUT2D eigenvalue weighted by Gasteiger charge is 2.31. The molecule has 2 saturated heterocycles.